The van der Waals surface area contributed by atoms with Crippen molar-refractivity contribution >= 4 is 5.97 Å². The minimum atomic E-state index is -0.665. The quantitative estimate of drug-likeness (QED) is 0.842. The van der Waals surface area contributed by atoms with E-state index in [4.69, 9.17) is 0 Å². The first kappa shape index (κ1) is 15.8. The molecular weight excluding hydrogens is 252 g/mol. The number of likely N-dealkylation sites (tertiary alicyclic amines) is 1. The van der Waals surface area contributed by atoms with E-state index in [0.717, 1.165) is 19.4 Å². The molecule has 0 aromatic rings. The maximum Gasteiger partial charge on any atom is 0.317 e. The molecule has 1 unspecified atom stereocenters. The number of nitrogens with zero attached hydrogens (tertiary/aromatic N) is 2. The highest BCUT2D eigenvalue weighted by molar-refractivity contribution is 5.69. The Hall–Kier alpha value is -0.610. The Morgan fingerprint density at radius 1 is 1.10 bits per heavy atom. The molecule has 1 aliphatic heterocycles. The van der Waals surface area contributed by atoms with Gasteiger partial charge in [0.05, 0.1) is 6.54 Å². The fourth-order valence-corrected chi connectivity index (χ4v) is 3.90. The highest BCUT2D eigenvalue weighted by atomic mass is 16.4. The second-order valence-electron chi connectivity index (χ2n) is 6.72. The molecule has 2 rings (SSSR count). The fourth-order valence-electron chi connectivity index (χ4n) is 3.90. The zero-order chi connectivity index (χ0) is 14.5. The molecule has 1 heterocycles. The van der Waals surface area contributed by atoms with Gasteiger partial charge in [-0.1, -0.05) is 12.8 Å². The van der Waals surface area contributed by atoms with E-state index < -0.39 is 5.97 Å². The van der Waals surface area contributed by atoms with Gasteiger partial charge in [-0.05, 0) is 59.0 Å². The van der Waals surface area contributed by atoms with E-state index >= 15 is 0 Å². The summed E-state index contributed by atoms with van der Waals surface area (Å²) < 4.78 is 0. The van der Waals surface area contributed by atoms with Gasteiger partial charge in [0.25, 0.3) is 0 Å². The Labute approximate surface area is 123 Å². The van der Waals surface area contributed by atoms with Crippen LogP contribution in [0.15, 0.2) is 0 Å². The number of carboxylic acids is 1. The van der Waals surface area contributed by atoms with Crippen LogP contribution in [-0.2, 0) is 4.79 Å². The van der Waals surface area contributed by atoms with E-state index in [1.807, 2.05) is 0 Å². The van der Waals surface area contributed by atoms with Crippen LogP contribution in [0.25, 0.3) is 0 Å². The predicted octanol–water partition coefficient (Wildman–Crippen LogP) is 2.58. The van der Waals surface area contributed by atoms with Crippen LogP contribution in [0, 0.1) is 0 Å². The van der Waals surface area contributed by atoms with Gasteiger partial charge in [0.1, 0.15) is 0 Å². The van der Waals surface area contributed by atoms with Crippen LogP contribution in [0.5, 0.6) is 0 Å². The SMILES string of the molecule is CC(C)N1CCCC(N(CC(=O)O)C2CCCC2)CC1. The first-order valence-corrected chi connectivity index (χ1v) is 8.29. The summed E-state index contributed by atoms with van der Waals surface area (Å²) in [7, 11) is 0. The zero-order valence-corrected chi connectivity index (χ0v) is 13.1. The van der Waals surface area contributed by atoms with E-state index in [1.165, 1.54) is 38.6 Å². The zero-order valence-electron chi connectivity index (χ0n) is 13.1. The summed E-state index contributed by atoms with van der Waals surface area (Å²) >= 11 is 0. The summed E-state index contributed by atoms with van der Waals surface area (Å²) in [6.07, 6.45) is 8.41. The molecule has 4 heteroatoms. The second-order valence-corrected chi connectivity index (χ2v) is 6.72. The molecule has 4 nitrogen and oxygen atoms in total. The van der Waals surface area contributed by atoms with Crippen LogP contribution in [0.2, 0.25) is 0 Å². The standard InChI is InChI=1S/C16H30N2O2/c1-13(2)17-10-5-8-15(9-11-17)18(12-16(19)20)14-6-3-4-7-14/h13-15H,3-12H2,1-2H3,(H,19,20). The maximum atomic E-state index is 11.2. The lowest BCUT2D eigenvalue weighted by Crippen LogP contribution is -2.45. The molecule has 0 spiro atoms. The Morgan fingerprint density at radius 3 is 2.30 bits per heavy atom. The Morgan fingerprint density at radius 2 is 1.70 bits per heavy atom. The molecule has 0 amide bonds. The van der Waals surface area contributed by atoms with Crippen molar-refractivity contribution in [1.29, 1.82) is 0 Å². The molecule has 0 aromatic heterocycles. The molecule has 20 heavy (non-hydrogen) atoms. The van der Waals surface area contributed by atoms with Crippen molar-refractivity contribution in [2.24, 2.45) is 0 Å². The second kappa shape index (κ2) is 7.41. The van der Waals surface area contributed by atoms with Gasteiger partial charge in [-0.15, -0.1) is 0 Å². The van der Waals surface area contributed by atoms with Crippen molar-refractivity contribution in [3.63, 3.8) is 0 Å². The Bertz CT molecular complexity index is 314. The lowest BCUT2D eigenvalue weighted by Gasteiger charge is -2.35. The summed E-state index contributed by atoms with van der Waals surface area (Å²) in [5, 5.41) is 9.23. The summed E-state index contributed by atoms with van der Waals surface area (Å²) in [6, 6.07) is 1.59. The van der Waals surface area contributed by atoms with Gasteiger partial charge in [0, 0.05) is 18.1 Å². The van der Waals surface area contributed by atoms with Gasteiger partial charge in [0.2, 0.25) is 0 Å². The molecule has 2 aliphatic rings. The predicted molar refractivity (Wildman–Crippen MR) is 80.9 cm³/mol. The number of hydrogen-bond donors (Lipinski definition) is 1. The first-order valence-electron chi connectivity index (χ1n) is 8.29. The van der Waals surface area contributed by atoms with Crippen LogP contribution < -0.4 is 0 Å². The minimum absolute atomic E-state index is 0.233. The highest BCUT2D eigenvalue weighted by Gasteiger charge is 2.31. The topological polar surface area (TPSA) is 43.8 Å². The van der Waals surface area contributed by atoms with E-state index in [0.29, 0.717) is 18.1 Å². The van der Waals surface area contributed by atoms with Gasteiger partial charge >= 0.3 is 5.97 Å². The van der Waals surface area contributed by atoms with Crippen molar-refractivity contribution in [2.75, 3.05) is 19.6 Å². The van der Waals surface area contributed by atoms with E-state index in [1.54, 1.807) is 0 Å². The van der Waals surface area contributed by atoms with Crippen molar-refractivity contribution in [1.82, 2.24) is 9.80 Å². The molecule has 1 N–H and O–H groups in total. The minimum Gasteiger partial charge on any atom is -0.480 e. The third kappa shape index (κ3) is 4.19. The van der Waals surface area contributed by atoms with Crippen molar-refractivity contribution < 1.29 is 9.90 Å². The van der Waals surface area contributed by atoms with Crippen LogP contribution in [0.4, 0.5) is 0 Å². The molecule has 0 bridgehead atoms. The van der Waals surface area contributed by atoms with Crippen molar-refractivity contribution in [3.8, 4) is 0 Å². The third-order valence-corrected chi connectivity index (χ3v) is 5.04. The summed E-state index contributed by atoms with van der Waals surface area (Å²) in [5.41, 5.74) is 0. The van der Waals surface area contributed by atoms with Crippen LogP contribution in [0.3, 0.4) is 0 Å². The van der Waals surface area contributed by atoms with Gasteiger partial charge in [-0.2, -0.15) is 0 Å². The molecule has 1 aliphatic carbocycles. The molecule has 1 saturated carbocycles. The average Bonchev–Trinajstić information content (AvgIpc) is 2.79. The van der Waals surface area contributed by atoms with Gasteiger partial charge in [-0.3, -0.25) is 9.69 Å². The number of aliphatic carboxylic acids is 1. The Kier molecular flexibility index (Phi) is 5.85. The number of carbonyl (C=O) groups is 1. The van der Waals surface area contributed by atoms with E-state index in [-0.39, 0.29) is 6.54 Å². The molecule has 1 atom stereocenters. The molecule has 0 radical (unpaired) electrons. The lowest BCUT2D eigenvalue weighted by atomic mass is 10.0. The smallest absolute Gasteiger partial charge is 0.317 e. The normalized spacial score (nSPS) is 26.3. The summed E-state index contributed by atoms with van der Waals surface area (Å²) in [4.78, 5) is 16.1. The lowest BCUT2D eigenvalue weighted by molar-refractivity contribution is -0.139. The van der Waals surface area contributed by atoms with E-state index in [2.05, 4.69) is 23.6 Å². The summed E-state index contributed by atoms with van der Waals surface area (Å²) in [6.45, 7) is 7.03. The fraction of sp³-hybridized carbons (Fsp3) is 0.938. The van der Waals surface area contributed by atoms with Crippen molar-refractivity contribution in [3.05, 3.63) is 0 Å². The number of rotatable bonds is 5. The van der Waals surface area contributed by atoms with Crippen molar-refractivity contribution in [2.45, 2.75) is 76.9 Å². The molecule has 0 aromatic carbocycles. The third-order valence-electron chi connectivity index (χ3n) is 5.04. The van der Waals surface area contributed by atoms with E-state index in [9.17, 15) is 9.90 Å². The summed E-state index contributed by atoms with van der Waals surface area (Å²) in [5.74, 6) is -0.665. The Balaban J connectivity index is 1.98. The first-order chi connectivity index (χ1) is 9.58. The molecule has 116 valence electrons. The number of carboxylic acid groups (broad SMARTS) is 1. The van der Waals surface area contributed by atoms with Crippen LogP contribution >= 0.6 is 0 Å². The molecule has 2 fully saturated rings. The number of hydrogen-bond acceptors (Lipinski definition) is 3. The maximum absolute atomic E-state index is 11.2. The highest BCUT2D eigenvalue weighted by Crippen LogP contribution is 2.28. The largest absolute Gasteiger partial charge is 0.480 e. The van der Waals surface area contributed by atoms with Crippen LogP contribution in [0.1, 0.15) is 58.8 Å². The van der Waals surface area contributed by atoms with Gasteiger partial charge in [-0.25, -0.2) is 0 Å². The monoisotopic (exact) mass is 282 g/mol. The van der Waals surface area contributed by atoms with Gasteiger partial charge < -0.3 is 10.0 Å². The van der Waals surface area contributed by atoms with Crippen LogP contribution in [-0.4, -0.2) is 58.6 Å². The average molecular weight is 282 g/mol. The molecule has 1 saturated heterocycles. The van der Waals surface area contributed by atoms with Gasteiger partial charge in [0.15, 0.2) is 0 Å². The molecular formula is C16H30N2O2.